The lowest BCUT2D eigenvalue weighted by atomic mass is 10.0. The number of aromatic nitrogens is 7. The van der Waals surface area contributed by atoms with E-state index in [0.29, 0.717) is 28.5 Å². The van der Waals surface area contributed by atoms with Gasteiger partial charge in [-0.3, -0.25) is 14.5 Å². The molecule has 4 aromatic heterocycles. The molecule has 0 aliphatic heterocycles. The molecule has 0 saturated heterocycles. The first kappa shape index (κ1) is 21.5. The summed E-state index contributed by atoms with van der Waals surface area (Å²) in [5, 5.41) is 16.3. The number of fused-ring (bicyclic) bond motifs is 2. The summed E-state index contributed by atoms with van der Waals surface area (Å²) in [5.74, 6) is 1.40. The highest BCUT2D eigenvalue weighted by molar-refractivity contribution is 5.90. The molecule has 0 bridgehead atoms. The van der Waals surface area contributed by atoms with Gasteiger partial charge >= 0.3 is 0 Å². The summed E-state index contributed by atoms with van der Waals surface area (Å²) in [6.45, 7) is 3.84. The second-order valence-corrected chi connectivity index (χ2v) is 8.65. The number of nitrogen functional groups attached to an aromatic ring is 1. The van der Waals surface area contributed by atoms with Crippen molar-refractivity contribution in [1.82, 2.24) is 34.3 Å². The third-order valence-corrected chi connectivity index (χ3v) is 6.28. The first-order chi connectivity index (χ1) is 17.5. The average Bonchev–Trinajstić information content (AvgIpc) is 3.50. The molecule has 0 spiro atoms. The fourth-order valence-electron chi connectivity index (χ4n) is 4.49. The number of nitrogens with one attached hydrogen (secondary N) is 2. The van der Waals surface area contributed by atoms with Gasteiger partial charge in [-0.2, -0.15) is 10.2 Å². The van der Waals surface area contributed by atoms with Gasteiger partial charge in [0.1, 0.15) is 23.5 Å². The van der Waals surface area contributed by atoms with Crippen LogP contribution >= 0.6 is 0 Å². The predicted molar refractivity (Wildman–Crippen MR) is 139 cm³/mol. The summed E-state index contributed by atoms with van der Waals surface area (Å²) in [7, 11) is 0. The van der Waals surface area contributed by atoms with Crippen molar-refractivity contribution in [2.45, 2.75) is 19.9 Å². The smallest absolute Gasteiger partial charge is 0.282 e. The third kappa shape index (κ3) is 3.47. The number of aromatic amines is 1. The number of para-hydroxylation sites is 1. The van der Waals surface area contributed by atoms with E-state index in [0.717, 1.165) is 27.7 Å². The van der Waals surface area contributed by atoms with Crippen LogP contribution in [-0.2, 0) is 0 Å². The van der Waals surface area contributed by atoms with Gasteiger partial charge in [0.2, 0.25) is 0 Å². The minimum atomic E-state index is -0.408. The van der Waals surface area contributed by atoms with Gasteiger partial charge in [0.05, 0.1) is 29.0 Å². The van der Waals surface area contributed by atoms with Crippen LogP contribution in [0, 0.1) is 6.92 Å². The van der Waals surface area contributed by atoms with Gasteiger partial charge in [-0.25, -0.2) is 14.5 Å². The summed E-state index contributed by atoms with van der Waals surface area (Å²) in [6, 6.07) is 16.8. The second-order valence-electron chi connectivity index (χ2n) is 8.65. The predicted octanol–water partition coefficient (Wildman–Crippen LogP) is 3.88. The Balaban J connectivity index is 1.49. The van der Waals surface area contributed by atoms with Crippen molar-refractivity contribution in [3.05, 3.63) is 95.1 Å². The Bertz CT molecular complexity index is 1780. The third-order valence-electron chi connectivity index (χ3n) is 6.28. The number of H-pyrrole nitrogens is 1. The molecule has 2 aromatic carbocycles. The summed E-state index contributed by atoms with van der Waals surface area (Å²) >= 11 is 0. The first-order valence-corrected chi connectivity index (χ1v) is 11.5. The number of benzene rings is 2. The lowest BCUT2D eigenvalue weighted by Gasteiger charge is -2.21. The van der Waals surface area contributed by atoms with Crippen LogP contribution in [0.25, 0.3) is 33.2 Å². The molecule has 4 N–H and O–H groups in total. The van der Waals surface area contributed by atoms with E-state index in [2.05, 4.69) is 25.5 Å². The molecule has 10 nitrogen and oxygen atoms in total. The van der Waals surface area contributed by atoms with Crippen LogP contribution < -0.4 is 16.6 Å². The van der Waals surface area contributed by atoms with Crippen LogP contribution in [0.3, 0.4) is 0 Å². The van der Waals surface area contributed by atoms with Gasteiger partial charge in [-0.05, 0) is 49.2 Å². The van der Waals surface area contributed by atoms with Crippen LogP contribution in [-0.4, -0.2) is 34.3 Å². The van der Waals surface area contributed by atoms with Crippen molar-refractivity contribution in [2.75, 3.05) is 11.1 Å². The molecule has 0 saturated carbocycles. The first-order valence-electron chi connectivity index (χ1n) is 11.5. The average molecular weight is 478 g/mol. The van der Waals surface area contributed by atoms with Crippen LogP contribution in [0.15, 0.2) is 78.1 Å². The highest BCUT2D eigenvalue weighted by atomic mass is 16.1. The lowest BCUT2D eigenvalue weighted by molar-refractivity contribution is 0.672. The standard InChI is InChI=1S/C26H23N9O/c1-15-10-11-34-22(15)26(36)35(19-6-4-3-5-7-19)25(33-34)16(2)31-24-21(23(27)28-14-29-24)17-8-9-18-13-30-32-20(18)12-17/h3-14,16H,1-2H3,(H,30,32)(H3,27,28,29,31). The summed E-state index contributed by atoms with van der Waals surface area (Å²) in [4.78, 5) is 22.4. The molecule has 0 amide bonds. The summed E-state index contributed by atoms with van der Waals surface area (Å²) < 4.78 is 3.27. The molecule has 1 atom stereocenters. The maximum Gasteiger partial charge on any atom is 0.282 e. The number of hydrogen-bond acceptors (Lipinski definition) is 7. The van der Waals surface area contributed by atoms with Gasteiger partial charge in [-0.15, -0.1) is 0 Å². The van der Waals surface area contributed by atoms with E-state index in [1.165, 1.54) is 6.33 Å². The molecule has 4 heterocycles. The van der Waals surface area contributed by atoms with E-state index in [1.54, 1.807) is 21.5 Å². The minimum Gasteiger partial charge on any atom is -0.383 e. The van der Waals surface area contributed by atoms with Crippen molar-refractivity contribution in [1.29, 1.82) is 0 Å². The van der Waals surface area contributed by atoms with Crippen molar-refractivity contribution in [3.63, 3.8) is 0 Å². The van der Waals surface area contributed by atoms with Gasteiger partial charge < -0.3 is 11.1 Å². The zero-order valence-corrected chi connectivity index (χ0v) is 19.7. The molecular weight excluding hydrogens is 454 g/mol. The maximum absolute atomic E-state index is 13.6. The fourth-order valence-corrected chi connectivity index (χ4v) is 4.49. The summed E-state index contributed by atoms with van der Waals surface area (Å²) in [5.41, 5.74) is 10.7. The quantitative estimate of drug-likeness (QED) is 0.343. The van der Waals surface area contributed by atoms with Crippen molar-refractivity contribution in [3.8, 4) is 16.8 Å². The number of nitrogens with zero attached hydrogens (tertiary/aromatic N) is 6. The number of anilines is 2. The van der Waals surface area contributed by atoms with E-state index in [-0.39, 0.29) is 5.56 Å². The molecule has 0 aliphatic rings. The highest BCUT2D eigenvalue weighted by Crippen LogP contribution is 2.34. The Labute approximate surface area is 205 Å². The van der Waals surface area contributed by atoms with Gasteiger partial charge in [0.25, 0.3) is 5.56 Å². The molecule has 0 fully saturated rings. The Hall–Kier alpha value is -4.99. The molecule has 6 aromatic rings. The van der Waals surface area contributed by atoms with Gasteiger partial charge in [0.15, 0.2) is 5.82 Å². The van der Waals surface area contributed by atoms with Crippen LogP contribution in [0.5, 0.6) is 0 Å². The molecule has 178 valence electrons. The zero-order valence-electron chi connectivity index (χ0n) is 19.7. The fraction of sp³-hybridized carbons (Fsp3) is 0.115. The lowest BCUT2D eigenvalue weighted by Crippen LogP contribution is -2.29. The van der Waals surface area contributed by atoms with Crippen LogP contribution in [0.1, 0.15) is 24.4 Å². The van der Waals surface area contributed by atoms with Crippen LogP contribution in [0.4, 0.5) is 11.6 Å². The molecule has 10 heteroatoms. The number of aryl methyl sites for hydroxylation is 1. The molecule has 0 aliphatic carbocycles. The van der Waals surface area contributed by atoms with Gasteiger partial charge in [0, 0.05) is 11.6 Å². The molecule has 36 heavy (non-hydrogen) atoms. The Morgan fingerprint density at radius 3 is 2.75 bits per heavy atom. The summed E-state index contributed by atoms with van der Waals surface area (Å²) in [6.07, 6.45) is 4.98. The molecule has 6 rings (SSSR count). The van der Waals surface area contributed by atoms with Crippen molar-refractivity contribution < 1.29 is 0 Å². The van der Waals surface area contributed by atoms with Crippen molar-refractivity contribution in [2.24, 2.45) is 0 Å². The molecule has 1 unspecified atom stereocenters. The maximum atomic E-state index is 13.6. The number of hydrogen-bond donors (Lipinski definition) is 3. The van der Waals surface area contributed by atoms with Crippen molar-refractivity contribution >= 4 is 28.1 Å². The Morgan fingerprint density at radius 1 is 1.08 bits per heavy atom. The minimum absolute atomic E-state index is 0.144. The Kier molecular flexibility index (Phi) is 4.99. The van der Waals surface area contributed by atoms with E-state index in [4.69, 9.17) is 10.8 Å². The van der Waals surface area contributed by atoms with Crippen LogP contribution in [0.2, 0.25) is 0 Å². The zero-order chi connectivity index (χ0) is 24.8. The van der Waals surface area contributed by atoms with E-state index < -0.39 is 6.04 Å². The second kappa shape index (κ2) is 8.35. The van der Waals surface area contributed by atoms with E-state index >= 15 is 0 Å². The monoisotopic (exact) mass is 477 g/mol. The van der Waals surface area contributed by atoms with E-state index in [9.17, 15) is 4.79 Å². The SMILES string of the molecule is Cc1ccn2nc(C(C)Nc3ncnc(N)c3-c3ccc4cn[nH]c4c3)n(-c3ccccc3)c(=O)c12. The Morgan fingerprint density at radius 2 is 1.92 bits per heavy atom. The normalized spacial score (nSPS) is 12.3. The largest absolute Gasteiger partial charge is 0.383 e. The topological polar surface area (TPSA) is 132 Å². The molecular formula is C26H23N9O. The number of rotatable bonds is 5. The van der Waals surface area contributed by atoms with E-state index in [1.807, 2.05) is 68.4 Å². The van der Waals surface area contributed by atoms with Gasteiger partial charge in [-0.1, -0.05) is 30.3 Å². The molecule has 0 radical (unpaired) electrons. The number of nitrogens with two attached hydrogens (primary N) is 1. The highest BCUT2D eigenvalue weighted by Gasteiger charge is 2.22.